The molecule has 2 aromatic rings. The van der Waals surface area contributed by atoms with Gasteiger partial charge in [0.1, 0.15) is 5.52 Å². The van der Waals surface area contributed by atoms with E-state index in [1.807, 2.05) is 19.1 Å². The van der Waals surface area contributed by atoms with Crippen LogP contribution >= 0.6 is 0 Å². The first kappa shape index (κ1) is 13.0. The second kappa shape index (κ2) is 5.02. The third-order valence-electron chi connectivity index (χ3n) is 3.03. The van der Waals surface area contributed by atoms with Gasteiger partial charge in [-0.3, -0.25) is 4.79 Å². The Morgan fingerprint density at radius 3 is 2.79 bits per heavy atom. The summed E-state index contributed by atoms with van der Waals surface area (Å²) >= 11 is 0. The molecule has 4 heteroatoms. The number of fused-ring (bicyclic) bond motifs is 1. The molecule has 0 amide bonds. The minimum absolute atomic E-state index is 0.150. The average Bonchev–Trinajstić information content (AvgIpc) is 2.71. The Labute approximate surface area is 110 Å². The van der Waals surface area contributed by atoms with Gasteiger partial charge in [-0.25, -0.2) is 0 Å². The summed E-state index contributed by atoms with van der Waals surface area (Å²) in [5, 5.41) is 2.39. The maximum atomic E-state index is 12.2. The molecule has 0 atom stereocenters. The zero-order chi connectivity index (χ0) is 14.0. The van der Waals surface area contributed by atoms with Crippen molar-refractivity contribution in [1.29, 1.82) is 0 Å². The van der Waals surface area contributed by atoms with Crippen LogP contribution in [0.5, 0.6) is 0 Å². The fraction of sp³-hybridized carbons (Fsp3) is 0.133. The van der Waals surface area contributed by atoms with Crippen molar-refractivity contribution in [3.8, 4) is 0 Å². The second-order valence-corrected chi connectivity index (χ2v) is 4.22. The van der Waals surface area contributed by atoms with Crippen LogP contribution in [0.1, 0.15) is 6.92 Å². The predicted octanol–water partition coefficient (Wildman–Crippen LogP) is 0.865. The molecule has 2 rings (SSSR count). The van der Waals surface area contributed by atoms with Crippen molar-refractivity contribution in [2.24, 2.45) is 0 Å². The lowest BCUT2D eigenvalue weighted by atomic mass is 10.2. The van der Waals surface area contributed by atoms with Crippen LogP contribution in [0.3, 0.4) is 0 Å². The van der Waals surface area contributed by atoms with Crippen LogP contribution in [-0.2, 0) is 6.54 Å². The molecule has 19 heavy (non-hydrogen) atoms. The molecule has 0 fully saturated rings. The Balaban J connectivity index is 3.13. The number of rotatable bonds is 3. The van der Waals surface area contributed by atoms with Gasteiger partial charge in [0.25, 0.3) is 5.56 Å². The Kier molecular flexibility index (Phi) is 3.42. The van der Waals surface area contributed by atoms with E-state index in [4.69, 9.17) is 5.73 Å². The molecule has 0 unspecified atom stereocenters. The van der Waals surface area contributed by atoms with Gasteiger partial charge >= 0.3 is 0 Å². The summed E-state index contributed by atoms with van der Waals surface area (Å²) in [6.45, 7) is 9.81. The molecule has 0 radical (unpaired) electrons. The number of aromatic amines is 1. The smallest absolute Gasteiger partial charge is 0.273 e. The molecule has 0 aliphatic heterocycles. The largest absolute Gasteiger partial charge is 0.397 e. The number of aromatic nitrogens is 2. The molecule has 0 spiro atoms. The summed E-state index contributed by atoms with van der Waals surface area (Å²) in [7, 11) is 0. The quantitative estimate of drug-likeness (QED) is 0.799. The van der Waals surface area contributed by atoms with Gasteiger partial charge < -0.3 is 15.3 Å². The van der Waals surface area contributed by atoms with Crippen molar-refractivity contribution >= 4 is 28.7 Å². The molecule has 0 aliphatic rings. The van der Waals surface area contributed by atoms with E-state index < -0.39 is 0 Å². The van der Waals surface area contributed by atoms with E-state index in [-0.39, 0.29) is 5.56 Å². The van der Waals surface area contributed by atoms with E-state index in [2.05, 4.69) is 18.1 Å². The summed E-state index contributed by atoms with van der Waals surface area (Å²) in [4.78, 5) is 15.1. The Bertz CT molecular complexity index is 822. The van der Waals surface area contributed by atoms with Crippen LogP contribution in [-0.4, -0.2) is 9.55 Å². The molecule has 0 aromatic carbocycles. The topological polar surface area (TPSA) is 63.8 Å². The van der Waals surface area contributed by atoms with Gasteiger partial charge in [0.2, 0.25) is 0 Å². The summed E-state index contributed by atoms with van der Waals surface area (Å²) in [5.41, 5.74) is 7.05. The molecule has 3 N–H and O–H groups in total. The van der Waals surface area contributed by atoms with E-state index in [1.165, 1.54) is 0 Å². The Hall–Kier alpha value is -2.49. The van der Waals surface area contributed by atoms with Gasteiger partial charge in [-0.05, 0) is 6.92 Å². The minimum Gasteiger partial charge on any atom is -0.397 e. The minimum atomic E-state index is -0.150. The number of nitrogens with zero attached hydrogens (tertiary/aromatic N) is 1. The fourth-order valence-corrected chi connectivity index (χ4v) is 2.29. The molecule has 0 saturated heterocycles. The lowest BCUT2D eigenvalue weighted by Crippen LogP contribution is -2.35. The number of hydrogen-bond donors (Lipinski definition) is 2. The fourth-order valence-electron chi connectivity index (χ4n) is 2.29. The van der Waals surface area contributed by atoms with Crippen LogP contribution in [0, 0.1) is 0 Å². The van der Waals surface area contributed by atoms with E-state index in [9.17, 15) is 4.79 Å². The molecule has 4 nitrogen and oxygen atoms in total. The second-order valence-electron chi connectivity index (χ2n) is 4.22. The highest BCUT2D eigenvalue weighted by Gasteiger charge is 2.11. The molecule has 2 aromatic heterocycles. The van der Waals surface area contributed by atoms with Crippen molar-refractivity contribution < 1.29 is 0 Å². The zero-order valence-electron chi connectivity index (χ0n) is 10.9. The van der Waals surface area contributed by atoms with Crippen molar-refractivity contribution in [3.63, 3.8) is 0 Å². The predicted molar refractivity (Wildman–Crippen MR) is 81.2 cm³/mol. The normalized spacial score (nSPS) is 13.1. The first-order valence-electron chi connectivity index (χ1n) is 6.04. The zero-order valence-corrected chi connectivity index (χ0v) is 10.9. The van der Waals surface area contributed by atoms with Gasteiger partial charge in [0.05, 0.1) is 5.69 Å². The number of allylic oxidation sites excluding steroid dienone is 2. The standard InChI is InChI=1S/C15H17N3O/c1-4-7-10-12(6-3)17-15(19)14-13(10)11(16)9-18(14)8-5-2/h4-7,9H,1-2,8,16H2,3H3,(H,17,19)/b10-7+,12-6+. The molecule has 98 valence electrons. The number of nitrogens with one attached hydrogen (secondary N) is 1. The number of nitrogens with two attached hydrogens (primary N) is 1. The van der Waals surface area contributed by atoms with Gasteiger partial charge in [-0.2, -0.15) is 0 Å². The van der Waals surface area contributed by atoms with Crippen molar-refractivity contribution in [3.05, 3.63) is 52.4 Å². The van der Waals surface area contributed by atoms with Crippen molar-refractivity contribution in [1.82, 2.24) is 9.55 Å². The lowest BCUT2D eigenvalue weighted by molar-refractivity contribution is 0.859. The molecular weight excluding hydrogens is 238 g/mol. The van der Waals surface area contributed by atoms with Crippen LogP contribution in [0.4, 0.5) is 5.69 Å². The number of anilines is 1. The van der Waals surface area contributed by atoms with E-state index in [1.54, 1.807) is 22.9 Å². The van der Waals surface area contributed by atoms with Crippen LogP contribution in [0.25, 0.3) is 23.1 Å². The lowest BCUT2D eigenvalue weighted by Gasteiger charge is -2.00. The summed E-state index contributed by atoms with van der Waals surface area (Å²) in [6, 6.07) is 0. The highest BCUT2D eigenvalue weighted by atomic mass is 16.1. The number of hydrogen-bond acceptors (Lipinski definition) is 2. The van der Waals surface area contributed by atoms with Crippen molar-refractivity contribution in [2.75, 3.05) is 5.73 Å². The highest BCUT2D eigenvalue weighted by molar-refractivity contribution is 5.92. The number of pyridine rings is 1. The summed E-state index contributed by atoms with van der Waals surface area (Å²) in [6.07, 6.45) is 8.88. The van der Waals surface area contributed by atoms with E-state index in [0.717, 1.165) is 16.0 Å². The molecular formula is C15H17N3O. The number of H-pyrrole nitrogens is 1. The summed E-state index contributed by atoms with van der Waals surface area (Å²) in [5.74, 6) is 0. The average molecular weight is 255 g/mol. The first-order chi connectivity index (χ1) is 9.13. The monoisotopic (exact) mass is 255 g/mol. The molecule has 0 saturated carbocycles. The molecule has 2 heterocycles. The summed E-state index contributed by atoms with van der Waals surface area (Å²) < 4.78 is 1.80. The Morgan fingerprint density at radius 1 is 1.47 bits per heavy atom. The van der Waals surface area contributed by atoms with Gasteiger partial charge in [0.15, 0.2) is 0 Å². The van der Waals surface area contributed by atoms with Crippen LogP contribution in [0.2, 0.25) is 0 Å². The van der Waals surface area contributed by atoms with E-state index in [0.29, 0.717) is 17.7 Å². The third-order valence-corrected chi connectivity index (χ3v) is 3.03. The maximum absolute atomic E-state index is 12.2. The molecule has 0 aliphatic carbocycles. The third kappa shape index (κ3) is 2.01. The SMILES string of the molecule is C=C/C=c1\c(=C/C)[nH]c(=O)c2c1c(N)cn2CC=C. The Morgan fingerprint density at radius 2 is 2.21 bits per heavy atom. The van der Waals surface area contributed by atoms with E-state index >= 15 is 0 Å². The van der Waals surface area contributed by atoms with Crippen LogP contribution < -0.4 is 21.9 Å². The van der Waals surface area contributed by atoms with Crippen molar-refractivity contribution in [2.45, 2.75) is 13.5 Å². The molecule has 0 bridgehead atoms. The van der Waals surface area contributed by atoms with Gasteiger partial charge in [0, 0.05) is 28.7 Å². The van der Waals surface area contributed by atoms with Gasteiger partial charge in [-0.15, -0.1) is 6.58 Å². The maximum Gasteiger partial charge on any atom is 0.273 e. The highest BCUT2D eigenvalue weighted by Crippen LogP contribution is 2.16. The van der Waals surface area contributed by atoms with Crippen LogP contribution in [0.15, 0.2) is 36.3 Å². The number of nitrogen functional groups attached to an aromatic ring is 1. The first-order valence-corrected chi connectivity index (χ1v) is 6.04. The van der Waals surface area contributed by atoms with Gasteiger partial charge in [-0.1, -0.05) is 30.9 Å².